The van der Waals surface area contributed by atoms with Gasteiger partial charge in [0.1, 0.15) is 5.75 Å². The summed E-state index contributed by atoms with van der Waals surface area (Å²) in [5.41, 5.74) is 0. The third-order valence-electron chi connectivity index (χ3n) is 5.32. The predicted molar refractivity (Wildman–Crippen MR) is 122 cm³/mol. The van der Waals surface area contributed by atoms with Crippen molar-refractivity contribution in [3.8, 4) is 16.5 Å². The molecule has 0 unspecified atom stereocenters. The van der Waals surface area contributed by atoms with E-state index in [0.717, 1.165) is 4.88 Å². The summed E-state index contributed by atoms with van der Waals surface area (Å²) in [6.07, 6.45) is 0. The summed E-state index contributed by atoms with van der Waals surface area (Å²) in [7, 11) is -2.32. The summed E-state index contributed by atoms with van der Waals surface area (Å²) in [4.78, 5) is 22.1. The SMILES string of the molecule is COc1ccc(S(=O)(=O)N[C@@H](C)C(=O)N2CCN(Cc3nc(-c4cccs4)no3)CC2)cc1. The van der Waals surface area contributed by atoms with Gasteiger partial charge in [0.05, 0.1) is 29.5 Å². The minimum atomic E-state index is -3.83. The minimum absolute atomic E-state index is 0.0780. The molecule has 33 heavy (non-hydrogen) atoms. The van der Waals surface area contributed by atoms with Crippen molar-refractivity contribution in [3.63, 3.8) is 0 Å². The topological polar surface area (TPSA) is 118 Å². The molecule has 0 aliphatic carbocycles. The number of nitrogens with zero attached hydrogens (tertiary/aromatic N) is 4. The van der Waals surface area contributed by atoms with Crippen LogP contribution in [0, 0.1) is 0 Å². The first-order valence-electron chi connectivity index (χ1n) is 10.4. The molecule has 1 saturated heterocycles. The van der Waals surface area contributed by atoms with E-state index in [0.29, 0.717) is 50.2 Å². The molecule has 0 spiro atoms. The van der Waals surface area contributed by atoms with Crippen LogP contribution in [0.5, 0.6) is 5.75 Å². The van der Waals surface area contributed by atoms with Crippen LogP contribution in [0.1, 0.15) is 12.8 Å². The molecule has 1 aliphatic rings. The first-order valence-corrected chi connectivity index (χ1v) is 12.8. The molecule has 3 heterocycles. The quantitative estimate of drug-likeness (QED) is 0.507. The summed E-state index contributed by atoms with van der Waals surface area (Å²) in [5, 5.41) is 5.98. The van der Waals surface area contributed by atoms with Crippen LogP contribution in [-0.2, 0) is 21.4 Å². The smallest absolute Gasteiger partial charge is 0.241 e. The van der Waals surface area contributed by atoms with Crippen molar-refractivity contribution in [2.45, 2.75) is 24.4 Å². The molecule has 1 aromatic carbocycles. The Balaban J connectivity index is 1.28. The first-order chi connectivity index (χ1) is 15.9. The maximum atomic E-state index is 12.8. The van der Waals surface area contributed by atoms with Crippen LogP contribution < -0.4 is 9.46 Å². The number of hydrogen-bond donors (Lipinski definition) is 1. The molecule has 2 aromatic heterocycles. The fourth-order valence-corrected chi connectivity index (χ4v) is 5.37. The van der Waals surface area contributed by atoms with Crippen LogP contribution in [0.15, 0.2) is 51.2 Å². The van der Waals surface area contributed by atoms with Crippen LogP contribution in [0.2, 0.25) is 0 Å². The van der Waals surface area contributed by atoms with E-state index >= 15 is 0 Å². The first kappa shape index (κ1) is 23.4. The van der Waals surface area contributed by atoms with E-state index in [1.807, 2.05) is 17.5 Å². The number of aromatic nitrogens is 2. The van der Waals surface area contributed by atoms with Crippen molar-refractivity contribution in [3.05, 3.63) is 47.7 Å². The summed E-state index contributed by atoms with van der Waals surface area (Å²) in [5.74, 6) is 1.40. The highest BCUT2D eigenvalue weighted by Crippen LogP contribution is 2.22. The molecule has 1 aliphatic heterocycles. The van der Waals surface area contributed by atoms with E-state index in [4.69, 9.17) is 9.26 Å². The van der Waals surface area contributed by atoms with Crippen LogP contribution >= 0.6 is 11.3 Å². The number of carbonyl (C=O) groups is 1. The number of nitrogens with one attached hydrogen (secondary N) is 1. The lowest BCUT2D eigenvalue weighted by Crippen LogP contribution is -2.53. The van der Waals surface area contributed by atoms with Gasteiger partial charge in [0, 0.05) is 26.2 Å². The predicted octanol–water partition coefficient (Wildman–Crippen LogP) is 1.82. The monoisotopic (exact) mass is 491 g/mol. The Morgan fingerprint density at radius 2 is 1.94 bits per heavy atom. The van der Waals surface area contributed by atoms with Gasteiger partial charge in [0.2, 0.25) is 27.6 Å². The molecule has 0 bridgehead atoms. The molecule has 1 fully saturated rings. The maximum absolute atomic E-state index is 12.8. The minimum Gasteiger partial charge on any atom is -0.497 e. The summed E-state index contributed by atoms with van der Waals surface area (Å²) in [6, 6.07) is 9.00. The lowest BCUT2D eigenvalue weighted by Gasteiger charge is -2.35. The Bertz CT molecular complexity index is 1170. The number of sulfonamides is 1. The molecule has 4 rings (SSSR count). The van der Waals surface area contributed by atoms with E-state index in [1.54, 1.807) is 35.3 Å². The second kappa shape index (κ2) is 10.00. The van der Waals surface area contributed by atoms with Crippen LogP contribution in [0.25, 0.3) is 10.7 Å². The number of thiophene rings is 1. The largest absolute Gasteiger partial charge is 0.497 e. The van der Waals surface area contributed by atoms with Gasteiger partial charge in [-0.2, -0.15) is 9.71 Å². The van der Waals surface area contributed by atoms with Crippen molar-refractivity contribution in [2.75, 3.05) is 33.3 Å². The van der Waals surface area contributed by atoms with Crippen molar-refractivity contribution in [1.82, 2.24) is 24.7 Å². The van der Waals surface area contributed by atoms with Gasteiger partial charge in [-0.25, -0.2) is 8.42 Å². The third-order valence-corrected chi connectivity index (χ3v) is 7.75. The Hall–Kier alpha value is -2.80. The lowest BCUT2D eigenvalue weighted by molar-refractivity contribution is -0.134. The van der Waals surface area contributed by atoms with Crippen LogP contribution in [0.3, 0.4) is 0 Å². The van der Waals surface area contributed by atoms with E-state index in [1.165, 1.54) is 19.2 Å². The molecule has 0 saturated carbocycles. The van der Waals surface area contributed by atoms with E-state index in [2.05, 4.69) is 19.8 Å². The van der Waals surface area contributed by atoms with Gasteiger partial charge >= 0.3 is 0 Å². The van der Waals surface area contributed by atoms with E-state index < -0.39 is 16.1 Å². The highest BCUT2D eigenvalue weighted by molar-refractivity contribution is 7.89. The summed E-state index contributed by atoms with van der Waals surface area (Å²) in [6.45, 7) is 4.28. The number of benzene rings is 1. The zero-order valence-corrected chi connectivity index (χ0v) is 19.9. The van der Waals surface area contributed by atoms with Gasteiger partial charge in [-0.3, -0.25) is 9.69 Å². The van der Waals surface area contributed by atoms with Gasteiger partial charge in [-0.1, -0.05) is 11.2 Å². The Morgan fingerprint density at radius 1 is 1.21 bits per heavy atom. The highest BCUT2D eigenvalue weighted by Gasteiger charge is 2.29. The molecule has 10 nitrogen and oxygen atoms in total. The number of carbonyl (C=O) groups excluding carboxylic acids is 1. The normalized spacial score (nSPS) is 16.0. The molecule has 12 heteroatoms. The average molecular weight is 492 g/mol. The summed E-state index contributed by atoms with van der Waals surface area (Å²) >= 11 is 1.55. The van der Waals surface area contributed by atoms with E-state index in [9.17, 15) is 13.2 Å². The fourth-order valence-electron chi connectivity index (χ4n) is 3.52. The molecule has 1 amide bonds. The van der Waals surface area contributed by atoms with Crippen molar-refractivity contribution >= 4 is 27.3 Å². The number of amides is 1. The van der Waals surface area contributed by atoms with Crippen LogP contribution in [-0.4, -0.2) is 73.6 Å². The second-order valence-electron chi connectivity index (χ2n) is 7.61. The molecular weight excluding hydrogens is 466 g/mol. The zero-order valence-electron chi connectivity index (χ0n) is 18.3. The number of piperazine rings is 1. The maximum Gasteiger partial charge on any atom is 0.241 e. The van der Waals surface area contributed by atoms with Crippen LogP contribution in [0.4, 0.5) is 0 Å². The van der Waals surface area contributed by atoms with E-state index in [-0.39, 0.29) is 10.8 Å². The molecule has 1 atom stereocenters. The Morgan fingerprint density at radius 3 is 2.58 bits per heavy atom. The van der Waals surface area contributed by atoms with Gasteiger partial charge in [-0.15, -0.1) is 11.3 Å². The number of rotatable bonds is 8. The molecular formula is C21H25N5O5S2. The summed E-state index contributed by atoms with van der Waals surface area (Å²) < 4.78 is 38.1. The highest BCUT2D eigenvalue weighted by atomic mass is 32.2. The molecule has 1 N–H and O–H groups in total. The van der Waals surface area contributed by atoms with Gasteiger partial charge in [-0.05, 0) is 42.6 Å². The van der Waals surface area contributed by atoms with Crippen molar-refractivity contribution in [1.29, 1.82) is 0 Å². The van der Waals surface area contributed by atoms with Gasteiger partial charge in [0.15, 0.2) is 0 Å². The molecule has 3 aromatic rings. The second-order valence-corrected chi connectivity index (χ2v) is 10.3. The van der Waals surface area contributed by atoms with Gasteiger partial charge in [0.25, 0.3) is 0 Å². The fraction of sp³-hybridized carbons (Fsp3) is 0.381. The standard InChI is InChI=1S/C21H25N5O5S2/c1-15(24-33(28,29)17-7-5-16(30-2)6-8-17)21(27)26-11-9-25(10-12-26)14-19-22-20(23-31-19)18-4-3-13-32-18/h3-8,13,15,24H,9-12,14H2,1-2H3/t15-/m0/s1. The van der Waals surface area contributed by atoms with Crippen molar-refractivity contribution in [2.24, 2.45) is 0 Å². The molecule has 176 valence electrons. The molecule has 0 radical (unpaired) electrons. The van der Waals surface area contributed by atoms with Crippen molar-refractivity contribution < 1.29 is 22.5 Å². The third kappa shape index (κ3) is 5.58. The number of hydrogen-bond acceptors (Lipinski definition) is 9. The lowest BCUT2D eigenvalue weighted by atomic mass is 10.2. The zero-order chi connectivity index (χ0) is 23.4. The Kier molecular flexibility index (Phi) is 7.08. The van der Waals surface area contributed by atoms with Gasteiger partial charge < -0.3 is 14.2 Å². The average Bonchev–Trinajstić information content (AvgIpc) is 3.51. The Labute approximate surface area is 196 Å². The number of ether oxygens (including phenoxy) is 1. The number of methoxy groups -OCH3 is 1.